The van der Waals surface area contributed by atoms with E-state index < -0.39 is 0 Å². The monoisotopic (exact) mass is 868 g/mol. The van der Waals surface area contributed by atoms with Crippen LogP contribution in [-0.2, 0) is 21.7 Å². The first-order valence-corrected chi connectivity index (χ1v) is 24.2. The van der Waals surface area contributed by atoms with Gasteiger partial charge in [0.25, 0.3) is 6.71 Å². The van der Waals surface area contributed by atoms with Crippen LogP contribution in [0.5, 0.6) is 0 Å². The van der Waals surface area contributed by atoms with Gasteiger partial charge < -0.3 is 14.7 Å². The predicted octanol–water partition coefficient (Wildman–Crippen LogP) is 14.8. The minimum Gasteiger partial charge on any atom is -0.334 e. The number of nitrogens with zero attached hydrogens (tertiary/aromatic N) is 3. The van der Waals surface area contributed by atoms with Crippen LogP contribution < -0.4 is 31.1 Å². The van der Waals surface area contributed by atoms with Crippen molar-refractivity contribution in [1.82, 2.24) is 0 Å². The Bertz CT molecular complexity index is 3100. The summed E-state index contributed by atoms with van der Waals surface area (Å²) in [5.41, 5.74) is 20.0. The number of anilines is 8. The molecule has 7 aromatic carbocycles. The lowest BCUT2D eigenvalue weighted by atomic mass is 9.33. The molecule has 5 heteroatoms. The molecule has 0 N–H and O–H groups in total. The molecule has 0 aromatic heterocycles. The lowest BCUT2D eigenvalue weighted by molar-refractivity contribution is 0.330. The Labute approximate surface area is 393 Å². The van der Waals surface area contributed by atoms with Crippen molar-refractivity contribution in [2.75, 3.05) is 14.7 Å². The number of halogens is 1. The van der Waals surface area contributed by atoms with E-state index in [0.29, 0.717) is 0 Å². The van der Waals surface area contributed by atoms with E-state index in [1.54, 1.807) is 6.07 Å². The molecule has 3 aliphatic heterocycles. The van der Waals surface area contributed by atoms with Gasteiger partial charge >= 0.3 is 0 Å². The van der Waals surface area contributed by atoms with Gasteiger partial charge in [-0.2, -0.15) is 0 Å². The molecule has 2 atom stereocenters. The summed E-state index contributed by atoms with van der Waals surface area (Å²) in [6, 6.07) is 54.3. The zero-order valence-corrected chi connectivity index (χ0v) is 40.8. The average Bonchev–Trinajstić information content (AvgIpc) is 3.68. The predicted molar refractivity (Wildman–Crippen MR) is 280 cm³/mol. The third-order valence-corrected chi connectivity index (χ3v) is 16.1. The molecule has 0 radical (unpaired) electrons. The lowest BCUT2D eigenvalue weighted by Gasteiger charge is -2.47. The van der Waals surface area contributed by atoms with Crippen LogP contribution >= 0.6 is 0 Å². The molecule has 0 amide bonds. The molecule has 1 saturated carbocycles. The molecule has 1 aliphatic carbocycles. The third-order valence-electron chi connectivity index (χ3n) is 16.1. The first-order valence-electron chi connectivity index (χ1n) is 24.2. The van der Waals surface area contributed by atoms with Crippen molar-refractivity contribution < 1.29 is 4.39 Å². The van der Waals surface area contributed by atoms with Crippen LogP contribution in [0, 0.1) is 5.82 Å². The number of hydrogen-bond acceptors (Lipinski definition) is 3. The van der Waals surface area contributed by atoms with Gasteiger partial charge in [0.15, 0.2) is 0 Å². The van der Waals surface area contributed by atoms with Crippen LogP contribution in [0.3, 0.4) is 0 Å². The first kappa shape index (κ1) is 42.6. The van der Waals surface area contributed by atoms with Crippen LogP contribution in [-0.4, -0.2) is 12.3 Å². The standard InChI is InChI=1S/C61H63BFN3/c1-57(2,3)40-21-17-22-44(33-40)64-53-35-42(59(7,8)9)25-28-49(53)62-48-23-15-16-24-52(48)65(50-29-26-41(58(4,5)6)34-46(50)39-19-13-12-14-20-39)55-38-45(37-54(64)56(55)62)66-51-30-27-43(63)36-47(51)60(10)31-18-32-61(60,66)11/h12-17,19-30,33-38H,18,31-32H2,1-11H3. The molecule has 0 saturated heterocycles. The Balaban J connectivity index is 1.29. The van der Waals surface area contributed by atoms with E-state index in [2.05, 4.69) is 224 Å². The fraction of sp³-hybridized carbons (Fsp3) is 0.311. The van der Waals surface area contributed by atoms with Crippen molar-refractivity contribution in [2.24, 2.45) is 0 Å². The van der Waals surface area contributed by atoms with Gasteiger partial charge in [-0.05, 0) is 147 Å². The molecule has 3 heterocycles. The second kappa shape index (κ2) is 14.5. The summed E-state index contributed by atoms with van der Waals surface area (Å²) in [6.45, 7) is 25.6. The summed E-state index contributed by atoms with van der Waals surface area (Å²) in [5, 5.41) is 0. The van der Waals surface area contributed by atoms with Crippen LogP contribution in [0.1, 0.15) is 118 Å². The van der Waals surface area contributed by atoms with Crippen LogP contribution in [0.4, 0.5) is 49.9 Å². The van der Waals surface area contributed by atoms with Crippen LogP contribution in [0.25, 0.3) is 11.1 Å². The zero-order chi connectivity index (χ0) is 46.3. The third kappa shape index (κ3) is 6.28. The van der Waals surface area contributed by atoms with Crippen molar-refractivity contribution in [3.63, 3.8) is 0 Å². The summed E-state index contributed by atoms with van der Waals surface area (Å²) >= 11 is 0. The maximum absolute atomic E-state index is 15.5. The summed E-state index contributed by atoms with van der Waals surface area (Å²) in [5.74, 6) is -0.166. The van der Waals surface area contributed by atoms with E-state index in [0.717, 1.165) is 47.6 Å². The van der Waals surface area contributed by atoms with Gasteiger partial charge in [-0.25, -0.2) is 4.39 Å². The number of fused-ring (bicyclic) bond motifs is 7. The van der Waals surface area contributed by atoms with Gasteiger partial charge in [0.2, 0.25) is 0 Å². The van der Waals surface area contributed by atoms with E-state index in [-0.39, 0.29) is 39.7 Å². The van der Waals surface area contributed by atoms with Crippen molar-refractivity contribution in [1.29, 1.82) is 0 Å². The Kier molecular flexibility index (Phi) is 9.33. The summed E-state index contributed by atoms with van der Waals surface area (Å²) in [6.07, 6.45) is 3.13. The average molecular weight is 868 g/mol. The van der Waals surface area contributed by atoms with Crippen LogP contribution in [0.2, 0.25) is 0 Å². The highest BCUT2D eigenvalue weighted by Gasteiger charge is 2.60. The normalized spacial score (nSPS) is 19.6. The van der Waals surface area contributed by atoms with E-state index in [1.807, 2.05) is 6.07 Å². The topological polar surface area (TPSA) is 9.72 Å². The molecule has 1 fully saturated rings. The highest BCUT2D eigenvalue weighted by molar-refractivity contribution is 7.00. The highest BCUT2D eigenvalue weighted by atomic mass is 19.1. The molecule has 0 spiro atoms. The quantitative estimate of drug-likeness (QED) is 0.163. The summed E-state index contributed by atoms with van der Waals surface area (Å²) in [4.78, 5) is 7.79. The van der Waals surface area contributed by atoms with Crippen molar-refractivity contribution in [3.8, 4) is 11.1 Å². The zero-order valence-electron chi connectivity index (χ0n) is 40.8. The second-order valence-corrected chi connectivity index (χ2v) is 23.2. The minimum absolute atomic E-state index is 0.0242. The van der Waals surface area contributed by atoms with Gasteiger partial charge in [-0.1, -0.05) is 155 Å². The largest absolute Gasteiger partial charge is 0.334 e. The Morgan fingerprint density at radius 2 is 1.11 bits per heavy atom. The fourth-order valence-corrected chi connectivity index (χ4v) is 12.2. The fourth-order valence-electron chi connectivity index (χ4n) is 12.2. The lowest BCUT2D eigenvalue weighted by Crippen LogP contribution is -2.61. The highest BCUT2D eigenvalue weighted by Crippen LogP contribution is 2.63. The smallest absolute Gasteiger partial charge is 0.252 e. The molecular formula is C61H63BFN3. The number of rotatable bonds is 4. The molecule has 7 aromatic rings. The van der Waals surface area contributed by atoms with Gasteiger partial charge in [0, 0.05) is 50.8 Å². The van der Waals surface area contributed by atoms with Gasteiger partial charge in [-0.15, -0.1) is 0 Å². The first-order chi connectivity index (χ1) is 31.3. The SMILES string of the molecule is CC(C)(C)c1cccc(N2c3cc(C(C)(C)C)ccc3B3c4ccccc4N(c4ccc(C(C)(C)C)cc4-c4ccccc4)c4cc(N5c6ccc(F)cc6C6(C)CCCC56C)cc2c43)c1. The van der Waals surface area contributed by atoms with Crippen molar-refractivity contribution in [3.05, 3.63) is 174 Å². The number of hydrogen-bond donors (Lipinski definition) is 0. The molecule has 0 bridgehead atoms. The molecular weight excluding hydrogens is 805 g/mol. The van der Waals surface area contributed by atoms with E-state index in [4.69, 9.17) is 0 Å². The van der Waals surface area contributed by atoms with Crippen LogP contribution in [0.15, 0.2) is 146 Å². The maximum Gasteiger partial charge on any atom is 0.252 e. The Morgan fingerprint density at radius 1 is 0.485 bits per heavy atom. The Morgan fingerprint density at radius 3 is 1.83 bits per heavy atom. The second-order valence-electron chi connectivity index (χ2n) is 23.2. The summed E-state index contributed by atoms with van der Waals surface area (Å²) in [7, 11) is 0. The molecule has 3 nitrogen and oxygen atoms in total. The van der Waals surface area contributed by atoms with E-state index >= 15 is 4.39 Å². The van der Waals surface area contributed by atoms with E-state index in [9.17, 15) is 0 Å². The molecule has 66 heavy (non-hydrogen) atoms. The number of para-hydroxylation sites is 1. The van der Waals surface area contributed by atoms with Gasteiger partial charge in [-0.3, -0.25) is 0 Å². The molecule has 332 valence electrons. The van der Waals surface area contributed by atoms with Crippen molar-refractivity contribution in [2.45, 2.75) is 123 Å². The molecule has 11 rings (SSSR count). The number of benzene rings is 7. The Hall–Kier alpha value is -6.07. The molecule has 2 unspecified atom stereocenters. The van der Waals surface area contributed by atoms with E-state index in [1.165, 1.54) is 67.0 Å². The summed E-state index contributed by atoms with van der Waals surface area (Å²) < 4.78 is 15.5. The van der Waals surface area contributed by atoms with Gasteiger partial charge in [0.05, 0.1) is 11.2 Å². The molecule has 4 aliphatic rings. The maximum atomic E-state index is 15.5. The van der Waals surface area contributed by atoms with Crippen molar-refractivity contribution >= 4 is 68.6 Å². The van der Waals surface area contributed by atoms with Gasteiger partial charge in [0.1, 0.15) is 5.82 Å². The minimum atomic E-state index is -0.270.